The van der Waals surface area contributed by atoms with E-state index in [1.54, 1.807) is 0 Å². The average molecular weight is 429 g/mol. The minimum Gasteiger partial charge on any atom is -0.392 e. The molecule has 3 aromatic rings. The van der Waals surface area contributed by atoms with Gasteiger partial charge in [-0.05, 0) is 36.2 Å². The normalized spacial score (nSPS) is 20.2. The van der Waals surface area contributed by atoms with Crippen LogP contribution in [0.4, 0.5) is 0 Å². The van der Waals surface area contributed by atoms with Crippen LogP contribution in [0, 0.1) is 0 Å². The van der Waals surface area contributed by atoms with E-state index in [-0.39, 0.29) is 11.9 Å². The second kappa shape index (κ2) is 7.80. The second-order valence-corrected chi connectivity index (χ2v) is 7.80. The van der Waals surface area contributed by atoms with Crippen LogP contribution in [0.5, 0.6) is 0 Å². The number of H-pyrrole nitrogens is 1. The second-order valence-electron chi connectivity index (χ2n) is 6.88. The molecule has 1 saturated heterocycles. The fourth-order valence-corrected chi connectivity index (χ4v) is 3.79. The van der Waals surface area contributed by atoms with Crippen molar-refractivity contribution in [1.29, 1.82) is 0 Å². The number of halogens is 1. The van der Waals surface area contributed by atoms with Gasteiger partial charge in [0, 0.05) is 17.6 Å². The summed E-state index contributed by atoms with van der Waals surface area (Å²) in [4.78, 5) is 22.4. The number of aliphatic hydroxyl groups is 1. The highest BCUT2D eigenvalue weighted by Gasteiger charge is 2.35. The zero-order chi connectivity index (χ0) is 18.8. The molecule has 0 unspecified atom stereocenters. The fourth-order valence-electron chi connectivity index (χ4n) is 3.53. The summed E-state index contributed by atoms with van der Waals surface area (Å²) in [5, 5.41) is 13.0. The highest BCUT2D eigenvalue weighted by molar-refractivity contribution is 9.10. The number of aromatic nitrogens is 2. The minimum atomic E-state index is -0.484. The Balaban J connectivity index is 1.40. The summed E-state index contributed by atoms with van der Waals surface area (Å²) in [5.41, 5.74) is 2.95. The molecule has 6 nitrogen and oxygen atoms in total. The Kier molecular flexibility index (Phi) is 5.24. The molecule has 0 spiro atoms. The van der Waals surface area contributed by atoms with Crippen LogP contribution in [0.15, 0.2) is 53.0 Å². The highest BCUT2D eigenvalue weighted by atomic mass is 79.9. The predicted molar refractivity (Wildman–Crippen MR) is 107 cm³/mol. The Hall–Kier alpha value is -2.22. The van der Waals surface area contributed by atoms with E-state index in [4.69, 9.17) is 0 Å². The first kappa shape index (κ1) is 18.2. The van der Waals surface area contributed by atoms with Gasteiger partial charge in [0.05, 0.1) is 29.7 Å². The zero-order valence-corrected chi connectivity index (χ0v) is 16.3. The summed E-state index contributed by atoms with van der Waals surface area (Å²) in [6, 6.07) is 15.5. The molecule has 4 rings (SSSR count). The summed E-state index contributed by atoms with van der Waals surface area (Å²) < 4.78 is 1.02. The lowest BCUT2D eigenvalue weighted by atomic mass is 10.1. The van der Waals surface area contributed by atoms with Gasteiger partial charge >= 0.3 is 0 Å². The van der Waals surface area contributed by atoms with Gasteiger partial charge in [-0.25, -0.2) is 4.98 Å². The number of aliphatic hydroxyl groups excluding tert-OH is 1. The molecule has 2 heterocycles. The minimum absolute atomic E-state index is 0.0795. The van der Waals surface area contributed by atoms with Gasteiger partial charge in [0.25, 0.3) is 0 Å². The van der Waals surface area contributed by atoms with Gasteiger partial charge in [-0.3, -0.25) is 9.69 Å². The maximum Gasteiger partial charge on any atom is 0.237 e. The van der Waals surface area contributed by atoms with Gasteiger partial charge in [0.15, 0.2) is 0 Å². The van der Waals surface area contributed by atoms with Crippen LogP contribution < -0.4 is 5.32 Å². The van der Waals surface area contributed by atoms with Crippen molar-refractivity contribution >= 4 is 32.9 Å². The zero-order valence-electron chi connectivity index (χ0n) is 14.7. The maximum absolute atomic E-state index is 12.7. The molecule has 0 aliphatic carbocycles. The number of imidazole rings is 1. The standard InChI is InChI=1S/C20H21BrN4O2/c21-14-7-5-13(6-8-14)11-25-12-15(26)9-18(25)20(27)22-10-19-23-16-3-1-2-4-17(16)24-19/h1-8,15,18,26H,9-12H2,(H,22,27)(H,23,24)/t15-,18+/m1/s1. The number of β-amino-alcohol motifs (C(OH)–C–C–N with tert-alkyl or cyclic N) is 1. The average Bonchev–Trinajstić information content (AvgIpc) is 3.24. The summed E-state index contributed by atoms with van der Waals surface area (Å²) in [6.07, 6.45) is -0.0370. The van der Waals surface area contributed by atoms with Crippen LogP contribution >= 0.6 is 15.9 Å². The predicted octanol–water partition coefficient (Wildman–Crippen LogP) is 2.58. The lowest BCUT2D eigenvalue weighted by Crippen LogP contribution is -2.42. The van der Waals surface area contributed by atoms with E-state index in [1.807, 2.05) is 53.4 Å². The number of nitrogens with zero attached hydrogens (tertiary/aromatic N) is 2. The third-order valence-corrected chi connectivity index (χ3v) is 5.38. The van der Waals surface area contributed by atoms with Crippen LogP contribution in [-0.2, 0) is 17.9 Å². The third-order valence-electron chi connectivity index (χ3n) is 4.85. The number of aromatic amines is 1. The fraction of sp³-hybridized carbons (Fsp3) is 0.300. The monoisotopic (exact) mass is 428 g/mol. The quantitative estimate of drug-likeness (QED) is 0.583. The number of nitrogens with one attached hydrogen (secondary N) is 2. The first-order chi connectivity index (χ1) is 13.1. The Morgan fingerprint density at radius 3 is 2.81 bits per heavy atom. The molecule has 1 aliphatic rings. The topological polar surface area (TPSA) is 81.2 Å². The molecule has 2 atom stereocenters. The summed E-state index contributed by atoms with van der Waals surface area (Å²) in [6.45, 7) is 1.47. The van der Waals surface area contributed by atoms with Crippen molar-refractivity contribution in [2.75, 3.05) is 6.54 Å². The molecule has 2 aromatic carbocycles. The SMILES string of the molecule is O=C(NCc1nc2ccccc2[nH]1)[C@@H]1C[C@@H](O)CN1Cc1ccc(Br)cc1. The van der Waals surface area contributed by atoms with Gasteiger partial charge in [0.2, 0.25) is 5.91 Å². The first-order valence-corrected chi connectivity index (χ1v) is 9.75. The number of benzene rings is 2. The Bertz CT molecular complexity index is 908. The number of rotatable bonds is 5. The molecule has 1 amide bonds. The Labute approximate surface area is 165 Å². The lowest BCUT2D eigenvalue weighted by Gasteiger charge is -2.23. The molecule has 140 valence electrons. The number of carbonyl (C=O) groups is 1. The van der Waals surface area contributed by atoms with Crippen LogP contribution in [0.2, 0.25) is 0 Å². The molecule has 0 saturated carbocycles. The van der Waals surface area contributed by atoms with Gasteiger partial charge in [-0.1, -0.05) is 40.2 Å². The van der Waals surface area contributed by atoms with E-state index < -0.39 is 6.10 Å². The maximum atomic E-state index is 12.7. The van der Waals surface area contributed by atoms with Crippen molar-refractivity contribution in [2.45, 2.75) is 31.7 Å². The molecular weight excluding hydrogens is 408 g/mol. The molecule has 7 heteroatoms. The molecular formula is C20H21BrN4O2. The van der Waals surface area contributed by atoms with E-state index in [9.17, 15) is 9.90 Å². The van der Waals surface area contributed by atoms with E-state index in [0.717, 1.165) is 26.9 Å². The van der Waals surface area contributed by atoms with Crippen molar-refractivity contribution in [3.05, 3.63) is 64.4 Å². The van der Waals surface area contributed by atoms with Crippen molar-refractivity contribution in [1.82, 2.24) is 20.2 Å². The van der Waals surface area contributed by atoms with Crippen molar-refractivity contribution in [2.24, 2.45) is 0 Å². The number of para-hydroxylation sites is 2. The van der Waals surface area contributed by atoms with E-state index >= 15 is 0 Å². The number of likely N-dealkylation sites (tertiary alicyclic amines) is 1. The van der Waals surface area contributed by atoms with Crippen LogP contribution in [0.3, 0.4) is 0 Å². The van der Waals surface area contributed by atoms with Gasteiger partial charge in [0.1, 0.15) is 5.82 Å². The van der Waals surface area contributed by atoms with Gasteiger partial charge < -0.3 is 15.4 Å². The number of fused-ring (bicyclic) bond motifs is 1. The van der Waals surface area contributed by atoms with Crippen LogP contribution in [-0.4, -0.2) is 44.6 Å². The highest BCUT2D eigenvalue weighted by Crippen LogP contribution is 2.22. The van der Waals surface area contributed by atoms with E-state index in [2.05, 4.69) is 31.2 Å². The van der Waals surface area contributed by atoms with Gasteiger partial charge in [-0.15, -0.1) is 0 Å². The summed E-state index contributed by atoms with van der Waals surface area (Å²) in [7, 11) is 0. The van der Waals surface area contributed by atoms with Crippen molar-refractivity contribution in [3.8, 4) is 0 Å². The third kappa shape index (κ3) is 4.21. The largest absolute Gasteiger partial charge is 0.392 e. The molecule has 0 radical (unpaired) electrons. The van der Waals surface area contributed by atoms with Crippen molar-refractivity contribution in [3.63, 3.8) is 0 Å². The Morgan fingerprint density at radius 1 is 1.26 bits per heavy atom. The van der Waals surface area contributed by atoms with E-state index in [0.29, 0.717) is 26.1 Å². The Morgan fingerprint density at radius 2 is 2.04 bits per heavy atom. The number of hydrogen-bond acceptors (Lipinski definition) is 4. The lowest BCUT2D eigenvalue weighted by molar-refractivity contribution is -0.125. The molecule has 1 fully saturated rings. The summed E-state index contributed by atoms with van der Waals surface area (Å²) >= 11 is 3.43. The number of carbonyl (C=O) groups excluding carboxylic acids is 1. The number of amides is 1. The summed E-state index contributed by atoms with van der Waals surface area (Å²) in [5.74, 6) is 0.645. The molecule has 1 aliphatic heterocycles. The smallest absolute Gasteiger partial charge is 0.237 e. The van der Waals surface area contributed by atoms with Crippen LogP contribution in [0.25, 0.3) is 11.0 Å². The van der Waals surface area contributed by atoms with Crippen molar-refractivity contribution < 1.29 is 9.90 Å². The molecule has 1 aromatic heterocycles. The molecule has 27 heavy (non-hydrogen) atoms. The molecule has 0 bridgehead atoms. The van der Waals surface area contributed by atoms with Gasteiger partial charge in [-0.2, -0.15) is 0 Å². The number of hydrogen-bond donors (Lipinski definition) is 3. The first-order valence-electron chi connectivity index (χ1n) is 8.96. The van der Waals surface area contributed by atoms with E-state index in [1.165, 1.54) is 0 Å². The van der Waals surface area contributed by atoms with Crippen LogP contribution in [0.1, 0.15) is 17.8 Å². The molecule has 3 N–H and O–H groups in total.